The molecule has 0 atom stereocenters. The van der Waals surface area contributed by atoms with Crippen LogP contribution in [0.15, 0.2) is 21.8 Å². The number of benzene rings is 1. The third-order valence-corrected chi connectivity index (χ3v) is 9.59. The van der Waals surface area contributed by atoms with Gasteiger partial charge in [0.25, 0.3) is 6.43 Å². The number of aromatic nitrogens is 4. The zero-order chi connectivity index (χ0) is 29.0. The predicted molar refractivity (Wildman–Crippen MR) is 145 cm³/mol. The van der Waals surface area contributed by atoms with Crippen LogP contribution in [0.1, 0.15) is 39.1 Å². The van der Waals surface area contributed by atoms with E-state index in [4.69, 9.17) is 4.74 Å². The van der Waals surface area contributed by atoms with Crippen LogP contribution < -0.4 is 15.3 Å². The number of imidazole rings is 1. The van der Waals surface area contributed by atoms with Gasteiger partial charge in [-0.2, -0.15) is 0 Å². The molecule has 12 nitrogen and oxygen atoms in total. The van der Waals surface area contributed by atoms with E-state index >= 15 is 0 Å². The van der Waals surface area contributed by atoms with E-state index in [0.717, 1.165) is 4.57 Å². The summed E-state index contributed by atoms with van der Waals surface area (Å²) in [5.74, 6) is -0.122. The molecule has 5 rings (SSSR count). The number of hydrogen-bond donors (Lipinski definition) is 1. The van der Waals surface area contributed by atoms with E-state index in [9.17, 15) is 26.8 Å². The van der Waals surface area contributed by atoms with Crippen molar-refractivity contribution < 1.29 is 26.7 Å². The largest absolute Gasteiger partial charge is 0.377 e. The summed E-state index contributed by atoms with van der Waals surface area (Å²) in [6, 6.07) is 2.88. The van der Waals surface area contributed by atoms with E-state index in [-0.39, 0.29) is 47.1 Å². The Bertz CT molecular complexity index is 1600. The number of ether oxygens (including phenoxy) is 1. The van der Waals surface area contributed by atoms with Crippen LogP contribution in [0.25, 0.3) is 16.2 Å². The number of anilines is 1. The molecule has 1 N–H and O–H groups in total. The first-order chi connectivity index (χ1) is 18.8. The summed E-state index contributed by atoms with van der Waals surface area (Å²) in [5, 5.41) is 6.72. The molecule has 1 aromatic carbocycles. The number of amides is 1. The van der Waals surface area contributed by atoms with Crippen LogP contribution >= 0.6 is 11.3 Å². The van der Waals surface area contributed by atoms with E-state index < -0.39 is 32.7 Å². The fourth-order valence-electron chi connectivity index (χ4n) is 5.01. The van der Waals surface area contributed by atoms with Crippen LogP contribution in [0.4, 0.5) is 14.5 Å². The molecule has 0 aliphatic carbocycles. The standard InChI is InChI=1S/C24H31F2N7O5S2/c1-5-32-18-16(30-6-8-31(9-7-30)21(34)14(2)3)10-15(40(36,37)29-24(4)12-38-13-24)11-17(18)33(23(32)35)22-28-27-20(39-22)19(25)26/h10-11,14,19,29H,5-9,12-13H2,1-4H3. The topological polar surface area (TPSA) is 132 Å². The van der Waals surface area contributed by atoms with Gasteiger partial charge in [-0.3, -0.25) is 9.36 Å². The number of sulfonamides is 1. The summed E-state index contributed by atoms with van der Waals surface area (Å²) in [4.78, 5) is 29.8. The molecule has 2 aliphatic heterocycles. The third kappa shape index (κ3) is 5.01. The number of carbonyl (C=O) groups excluding carboxylic acids is 1. The van der Waals surface area contributed by atoms with Crippen molar-refractivity contribution in [2.75, 3.05) is 44.3 Å². The van der Waals surface area contributed by atoms with Crippen LogP contribution in [0, 0.1) is 5.92 Å². The molecule has 2 saturated heterocycles. The molecule has 2 aromatic heterocycles. The quantitative estimate of drug-likeness (QED) is 0.416. The summed E-state index contributed by atoms with van der Waals surface area (Å²) in [6.07, 6.45) is -2.87. The van der Waals surface area contributed by atoms with Gasteiger partial charge >= 0.3 is 5.69 Å². The highest BCUT2D eigenvalue weighted by Crippen LogP contribution is 2.34. The molecule has 218 valence electrons. The average molecular weight is 600 g/mol. The molecule has 0 radical (unpaired) electrons. The Balaban J connectivity index is 1.68. The number of hydrogen-bond acceptors (Lipinski definition) is 9. The van der Waals surface area contributed by atoms with E-state index in [2.05, 4.69) is 14.9 Å². The first-order valence-corrected chi connectivity index (χ1v) is 15.2. The summed E-state index contributed by atoms with van der Waals surface area (Å²) < 4.78 is 64.3. The molecule has 40 heavy (non-hydrogen) atoms. The van der Waals surface area contributed by atoms with Gasteiger partial charge in [-0.15, -0.1) is 10.2 Å². The summed E-state index contributed by atoms with van der Waals surface area (Å²) in [5.41, 5.74) is -0.191. The molecular formula is C24H31F2N7O5S2. The first-order valence-electron chi connectivity index (χ1n) is 12.9. The molecule has 16 heteroatoms. The Hall–Kier alpha value is -2.95. The Labute approximate surface area is 233 Å². The highest BCUT2D eigenvalue weighted by Gasteiger charge is 2.39. The monoisotopic (exact) mass is 599 g/mol. The number of aryl methyl sites for hydroxylation is 1. The lowest BCUT2D eigenvalue weighted by atomic mass is 10.0. The minimum absolute atomic E-state index is 0.0315. The Kier molecular flexibility index (Phi) is 7.48. The van der Waals surface area contributed by atoms with Crippen molar-refractivity contribution in [2.45, 2.75) is 51.1 Å². The Morgan fingerprint density at radius 2 is 1.85 bits per heavy atom. The SMILES string of the molecule is CCn1c(=O)n(-c2nnc(C(F)F)s2)c2cc(S(=O)(=O)NC3(C)COC3)cc(N3CCN(C(=O)C(C)C)CC3)c21. The molecule has 0 spiro atoms. The van der Waals surface area contributed by atoms with E-state index in [1.165, 1.54) is 16.7 Å². The maximum absolute atomic E-state index is 13.6. The van der Waals surface area contributed by atoms with Gasteiger partial charge in [0.2, 0.25) is 21.1 Å². The van der Waals surface area contributed by atoms with Crippen molar-refractivity contribution in [1.82, 2.24) is 29.0 Å². The van der Waals surface area contributed by atoms with Gasteiger partial charge in [0.05, 0.1) is 40.4 Å². The molecular weight excluding hydrogens is 568 g/mol. The average Bonchev–Trinajstić information content (AvgIpc) is 3.48. The van der Waals surface area contributed by atoms with Gasteiger partial charge in [-0.1, -0.05) is 25.2 Å². The minimum atomic E-state index is -4.08. The van der Waals surface area contributed by atoms with Crippen molar-refractivity contribution in [3.05, 3.63) is 27.6 Å². The minimum Gasteiger partial charge on any atom is -0.377 e. The van der Waals surface area contributed by atoms with Crippen LogP contribution in [-0.4, -0.2) is 83.5 Å². The zero-order valence-corrected chi connectivity index (χ0v) is 24.2. The van der Waals surface area contributed by atoms with Crippen molar-refractivity contribution in [3.8, 4) is 5.13 Å². The van der Waals surface area contributed by atoms with Crippen LogP contribution in [0.5, 0.6) is 0 Å². The molecule has 0 saturated carbocycles. The lowest BCUT2D eigenvalue weighted by Gasteiger charge is -2.38. The van der Waals surface area contributed by atoms with Crippen molar-refractivity contribution in [1.29, 1.82) is 0 Å². The maximum atomic E-state index is 13.6. The lowest BCUT2D eigenvalue weighted by Crippen LogP contribution is -2.59. The van der Waals surface area contributed by atoms with Gasteiger partial charge < -0.3 is 14.5 Å². The fourth-order valence-corrected chi connectivity index (χ4v) is 7.13. The number of alkyl halides is 2. The number of carbonyl (C=O) groups is 1. The second-order valence-electron chi connectivity index (χ2n) is 10.5. The second-order valence-corrected chi connectivity index (χ2v) is 13.2. The number of halogens is 2. The van der Waals surface area contributed by atoms with Crippen molar-refractivity contribution >= 4 is 44.0 Å². The highest BCUT2D eigenvalue weighted by molar-refractivity contribution is 7.89. The van der Waals surface area contributed by atoms with Gasteiger partial charge in [0, 0.05) is 38.6 Å². The smallest absolute Gasteiger partial charge is 0.335 e. The van der Waals surface area contributed by atoms with Gasteiger partial charge in [0.15, 0.2) is 5.01 Å². The Morgan fingerprint density at radius 3 is 2.38 bits per heavy atom. The predicted octanol–water partition coefficient (Wildman–Crippen LogP) is 1.97. The van der Waals surface area contributed by atoms with Crippen molar-refractivity contribution in [2.24, 2.45) is 5.92 Å². The summed E-state index contributed by atoms with van der Waals surface area (Å²) >= 11 is 0.569. The highest BCUT2D eigenvalue weighted by atomic mass is 32.2. The third-order valence-electron chi connectivity index (χ3n) is 7.06. The van der Waals surface area contributed by atoms with Crippen LogP contribution in [0.2, 0.25) is 0 Å². The molecule has 0 bridgehead atoms. The van der Waals surface area contributed by atoms with Gasteiger partial charge in [-0.25, -0.2) is 31.3 Å². The lowest BCUT2D eigenvalue weighted by molar-refractivity contribution is -0.134. The molecule has 2 fully saturated rings. The molecule has 4 heterocycles. The van der Waals surface area contributed by atoms with Crippen LogP contribution in [0.3, 0.4) is 0 Å². The van der Waals surface area contributed by atoms with E-state index in [1.54, 1.807) is 18.7 Å². The van der Waals surface area contributed by atoms with Gasteiger partial charge in [0.1, 0.15) is 0 Å². The molecule has 1 amide bonds. The Morgan fingerprint density at radius 1 is 1.18 bits per heavy atom. The van der Waals surface area contributed by atoms with Crippen LogP contribution in [-0.2, 0) is 26.1 Å². The summed E-state index contributed by atoms with van der Waals surface area (Å²) in [7, 11) is -4.08. The van der Waals surface area contributed by atoms with Gasteiger partial charge in [-0.05, 0) is 26.0 Å². The number of rotatable bonds is 8. The number of nitrogens with zero attached hydrogens (tertiary/aromatic N) is 6. The number of nitrogens with one attached hydrogen (secondary N) is 1. The zero-order valence-electron chi connectivity index (χ0n) is 22.6. The first kappa shape index (κ1) is 28.6. The second kappa shape index (κ2) is 10.5. The molecule has 3 aromatic rings. The molecule has 0 unspecified atom stereocenters. The fraction of sp³-hybridized carbons (Fsp3) is 0.583. The number of piperazine rings is 1. The normalized spacial score (nSPS) is 17.7. The molecule has 2 aliphatic rings. The van der Waals surface area contributed by atoms with E-state index in [0.29, 0.717) is 48.7 Å². The van der Waals surface area contributed by atoms with E-state index in [1.807, 2.05) is 18.7 Å². The maximum Gasteiger partial charge on any atom is 0.335 e. The number of fused-ring (bicyclic) bond motifs is 1. The summed E-state index contributed by atoms with van der Waals surface area (Å²) in [6.45, 7) is 9.50. The van der Waals surface area contributed by atoms with Crippen molar-refractivity contribution in [3.63, 3.8) is 0 Å².